The molecule has 0 fully saturated rings. The van der Waals surface area contributed by atoms with Gasteiger partial charge in [-0.05, 0) is 46.2 Å². The molecular formula is C18H29FN4O5S. The van der Waals surface area contributed by atoms with Crippen molar-refractivity contribution in [2.24, 2.45) is 0 Å². The summed E-state index contributed by atoms with van der Waals surface area (Å²) in [6, 6.07) is 5.05. The second kappa shape index (κ2) is 9.16. The third-order valence-corrected chi connectivity index (χ3v) is 5.78. The number of nitrogens with zero attached hydrogens (tertiary/aromatic N) is 2. The molecule has 2 rings (SSSR count). The predicted octanol–water partition coefficient (Wildman–Crippen LogP) is 4.38. The van der Waals surface area contributed by atoms with E-state index in [9.17, 15) is 18.3 Å². The normalized spacial score (nSPS) is 13.3. The molecule has 0 aliphatic rings. The van der Waals surface area contributed by atoms with Gasteiger partial charge in [-0.1, -0.05) is 0 Å². The summed E-state index contributed by atoms with van der Waals surface area (Å²) in [7, 11) is -3.53. The van der Waals surface area contributed by atoms with Crippen LogP contribution in [0.25, 0.3) is 11.1 Å². The molecule has 0 aliphatic heterocycles. The number of nitrogens with one attached hydrogen (secondary N) is 2. The first-order chi connectivity index (χ1) is 13.4. The number of fused-ring (bicyclic) bond motifs is 1. The van der Waals surface area contributed by atoms with Gasteiger partial charge in [0.2, 0.25) is 0 Å². The molecule has 0 spiro atoms. The van der Waals surface area contributed by atoms with E-state index >= 15 is 0 Å². The lowest BCUT2D eigenvalue weighted by molar-refractivity contribution is 0.162. The Kier molecular flexibility index (Phi) is 7.33. The molecule has 0 unspecified atom stereocenters. The van der Waals surface area contributed by atoms with Gasteiger partial charge in [0.05, 0.1) is 11.4 Å². The van der Waals surface area contributed by atoms with Crippen molar-refractivity contribution in [3.05, 3.63) is 18.2 Å². The quantitative estimate of drug-likeness (QED) is 0.350. The van der Waals surface area contributed by atoms with E-state index in [0.29, 0.717) is 17.1 Å². The largest absolute Gasteiger partial charge is 0.465 e. The number of hydrogen-bond acceptors (Lipinski definition) is 7. The fourth-order valence-corrected chi connectivity index (χ4v) is 4.38. The van der Waals surface area contributed by atoms with E-state index in [1.54, 1.807) is 6.07 Å². The first-order valence-corrected chi connectivity index (χ1v) is 10.7. The molecule has 1 aromatic carbocycles. The summed E-state index contributed by atoms with van der Waals surface area (Å²) in [6.07, 6.45) is -0.888. The number of hydrogen-bond donors (Lipinski definition) is 5. The average Bonchev–Trinajstić information content (AvgIpc) is 2.96. The summed E-state index contributed by atoms with van der Waals surface area (Å²) in [5.74, 6) is 0. The van der Waals surface area contributed by atoms with Gasteiger partial charge in [0.15, 0.2) is 5.58 Å². The minimum absolute atomic E-state index is 0.0879. The van der Waals surface area contributed by atoms with Gasteiger partial charge in [-0.2, -0.15) is 9.29 Å². The van der Waals surface area contributed by atoms with Crippen LogP contribution in [-0.4, -0.2) is 60.9 Å². The highest BCUT2D eigenvalue weighted by molar-refractivity contribution is 8.22. The second-order valence-electron chi connectivity index (χ2n) is 7.63. The lowest BCUT2D eigenvalue weighted by atomic mass is 10.2. The van der Waals surface area contributed by atoms with Crippen LogP contribution >= 0.6 is 10.8 Å². The fraction of sp³-hybridized carbons (Fsp3) is 0.556. The first-order valence-electron chi connectivity index (χ1n) is 9.24. The smallest absolute Gasteiger partial charge is 0.404 e. The van der Waals surface area contributed by atoms with Crippen molar-refractivity contribution in [2.75, 3.05) is 25.0 Å². The van der Waals surface area contributed by atoms with Gasteiger partial charge in [0.25, 0.3) is 6.01 Å². The van der Waals surface area contributed by atoms with Crippen molar-refractivity contribution in [3.63, 3.8) is 0 Å². The molecular weight excluding hydrogens is 403 g/mol. The molecule has 29 heavy (non-hydrogen) atoms. The van der Waals surface area contributed by atoms with Crippen molar-refractivity contribution in [1.29, 1.82) is 0 Å². The lowest BCUT2D eigenvalue weighted by Crippen LogP contribution is -2.39. The van der Waals surface area contributed by atoms with Gasteiger partial charge >= 0.3 is 6.09 Å². The monoisotopic (exact) mass is 432 g/mol. The summed E-state index contributed by atoms with van der Waals surface area (Å²) >= 11 is 0. The summed E-state index contributed by atoms with van der Waals surface area (Å²) < 4.78 is 43.0. The zero-order valence-electron chi connectivity index (χ0n) is 17.0. The second-order valence-corrected chi connectivity index (χ2v) is 9.66. The number of rotatable bonds is 10. The molecule has 1 amide bonds. The molecule has 0 atom stereocenters. The van der Waals surface area contributed by atoms with Crippen molar-refractivity contribution < 1.29 is 27.8 Å². The van der Waals surface area contributed by atoms with E-state index < -0.39 is 22.5 Å². The minimum Gasteiger partial charge on any atom is -0.465 e. The van der Waals surface area contributed by atoms with Crippen LogP contribution in [0.5, 0.6) is 0 Å². The van der Waals surface area contributed by atoms with Crippen LogP contribution in [0.4, 0.5) is 15.2 Å². The maximum atomic E-state index is 14.3. The van der Waals surface area contributed by atoms with E-state index in [2.05, 4.69) is 15.6 Å². The summed E-state index contributed by atoms with van der Waals surface area (Å²) in [5.41, 5.74) is -0.762. The van der Waals surface area contributed by atoms with Crippen molar-refractivity contribution in [2.45, 2.75) is 50.7 Å². The molecule has 0 bridgehead atoms. The highest BCUT2D eigenvalue weighted by Gasteiger charge is 2.31. The summed E-state index contributed by atoms with van der Waals surface area (Å²) in [5, 5.41) is 13.9. The first kappa shape index (κ1) is 23.2. The zero-order chi connectivity index (χ0) is 21.8. The number of amides is 1. The molecule has 11 heteroatoms. The number of alkyl halides is 1. The number of anilines is 1. The number of carboxylic acid groups (broad SMARTS) is 1. The molecule has 0 aliphatic carbocycles. The molecule has 9 nitrogen and oxygen atoms in total. The Balaban J connectivity index is 2.26. The van der Waals surface area contributed by atoms with Crippen LogP contribution in [0.1, 0.15) is 34.1 Å². The number of halogens is 1. The third kappa shape index (κ3) is 6.74. The minimum atomic E-state index is -3.53. The average molecular weight is 433 g/mol. The Bertz CT molecular complexity index is 837. The summed E-state index contributed by atoms with van der Waals surface area (Å²) in [6.45, 7) is 6.52. The molecule has 1 heterocycles. The van der Waals surface area contributed by atoms with Crippen LogP contribution in [0, 0.1) is 0 Å². The Hall–Kier alpha value is -2.08. The van der Waals surface area contributed by atoms with Gasteiger partial charge in [-0.15, -0.1) is 10.8 Å². The topological polar surface area (TPSA) is 131 Å². The van der Waals surface area contributed by atoms with Gasteiger partial charge in [-0.3, -0.25) is 9.11 Å². The number of carbonyl (C=O) groups is 1. The Morgan fingerprint density at radius 3 is 2.66 bits per heavy atom. The molecule has 2 aromatic rings. The number of benzene rings is 1. The van der Waals surface area contributed by atoms with E-state index in [4.69, 9.17) is 9.52 Å². The highest BCUT2D eigenvalue weighted by atomic mass is 32.3. The maximum Gasteiger partial charge on any atom is 0.404 e. The molecule has 0 saturated carbocycles. The van der Waals surface area contributed by atoms with E-state index in [1.807, 2.05) is 13.8 Å². The molecule has 0 radical (unpaired) electrons. The van der Waals surface area contributed by atoms with Crippen molar-refractivity contribution in [1.82, 2.24) is 14.6 Å². The highest BCUT2D eigenvalue weighted by Crippen LogP contribution is 2.52. The van der Waals surface area contributed by atoms with Gasteiger partial charge < -0.3 is 20.2 Å². The van der Waals surface area contributed by atoms with Crippen LogP contribution in [0.15, 0.2) is 27.5 Å². The fourth-order valence-electron chi connectivity index (χ4n) is 2.70. The van der Waals surface area contributed by atoms with Gasteiger partial charge in [0.1, 0.15) is 11.2 Å². The molecule has 5 N–H and O–H groups in total. The number of aromatic nitrogens is 1. The SMILES string of the molecule is CC(C)Nc1nc2ccc(S(O)(O)N(CCCNC(=O)O)CC(C)(C)F)cc2o1. The molecule has 0 saturated heterocycles. The van der Waals surface area contributed by atoms with Gasteiger partial charge in [0, 0.05) is 25.2 Å². The standard InChI is InChI=1S/C18H29FN4O5S/c1-12(2)21-16-22-14-7-6-13(10-15(14)28-16)29(26,27)23(11-18(3,4)19)9-5-8-20-17(24)25/h6-7,10,12,20,26-27H,5,8-9,11H2,1-4H3,(H,21,22)(H,24,25). The van der Waals surface area contributed by atoms with Crippen molar-refractivity contribution >= 4 is 34.0 Å². The van der Waals surface area contributed by atoms with Crippen LogP contribution in [-0.2, 0) is 0 Å². The third-order valence-electron chi connectivity index (χ3n) is 3.86. The molecule has 164 valence electrons. The van der Waals surface area contributed by atoms with E-state index in [1.165, 1.54) is 30.3 Å². The Morgan fingerprint density at radius 2 is 2.07 bits per heavy atom. The van der Waals surface area contributed by atoms with Crippen LogP contribution in [0.3, 0.4) is 0 Å². The lowest BCUT2D eigenvalue weighted by Gasteiger charge is -2.44. The maximum absolute atomic E-state index is 14.3. The predicted molar refractivity (Wildman–Crippen MR) is 111 cm³/mol. The summed E-state index contributed by atoms with van der Waals surface area (Å²) in [4.78, 5) is 15.0. The zero-order valence-corrected chi connectivity index (χ0v) is 17.8. The van der Waals surface area contributed by atoms with Crippen LogP contribution in [0.2, 0.25) is 0 Å². The van der Waals surface area contributed by atoms with Crippen LogP contribution < -0.4 is 10.6 Å². The number of oxazole rings is 1. The Labute approximate surface area is 170 Å². The van der Waals surface area contributed by atoms with Crippen molar-refractivity contribution in [3.8, 4) is 0 Å². The Morgan fingerprint density at radius 1 is 1.38 bits per heavy atom. The van der Waals surface area contributed by atoms with Gasteiger partial charge in [-0.25, -0.2) is 9.18 Å². The molecule has 1 aromatic heterocycles. The van der Waals surface area contributed by atoms with E-state index in [-0.39, 0.29) is 37.0 Å². The van der Waals surface area contributed by atoms with E-state index in [0.717, 1.165) is 0 Å².